The molecule has 0 radical (unpaired) electrons. The summed E-state index contributed by atoms with van der Waals surface area (Å²) >= 11 is 0. The minimum absolute atomic E-state index is 0.0562. The molecule has 26 heavy (non-hydrogen) atoms. The zero-order chi connectivity index (χ0) is 17.9. The maximum Gasteiger partial charge on any atom is 0.237 e. The number of nitriles is 1. The monoisotopic (exact) mass is 350 g/mol. The van der Waals surface area contributed by atoms with Crippen LogP contribution in [0.1, 0.15) is 19.3 Å². The van der Waals surface area contributed by atoms with Crippen LogP contribution >= 0.6 is 0 Å². The Balaban J connectivity index is 1.37. The third-order valence-corrected chi connectivity index (χ3v) is 5.20. The Bertz CT molecular complexity index is 842. The molecule has 0 bridgehead atoms. The Morgan fingerprint density at radius 1 is 1.27 bits per heavy atom. The lowest BCUT2D eigenvalue weighted by Gasteiger charge is -2.23. The van der Waals surface area contributed by atoms with Crippen molar-refractivity contribution in [2.45, 2.75) is 31.4 Å². The normalized spacial score (nSPS) is 23.3. The van der Waals surface area contributed by atoms with Gasteiger partial charge in [-0.25, -0.2) is 0 Å². The molecule has 2 unspecified atom stereocenters. The molecular formula is C20H22N4O2. The number of carbonyl (C=O) groups is 1. The Kier molecular flexibility index (Phi) is 4.72. The lowest BCUT2D eigenvalue weighted by Crippen LogP contribution is -2.42. The molecule has 2 saturated heterocycles. The van der Waals surface area contributed by atoms with Gasteiger partial charge in [0.15, 0.2) is 0 Å². The molecule has 134 valence electrons. The predicted octanol–water partition coefficient (Wildman–Crippen LogP) is 2.20. The number of nitrogens with zero attached hydrogens (tertiary/aromatic N) is 4. The highest BCUT2D eigenvalue weighted by atomic mass is 16.5. The number of amides is 1. The van der Waals surface area contributed by atoms with E-state index in [0.717, 1.165) is 49.0 Å². The topological polar surface area (TPSA) is 69.5 Å². The molecule has 0 aliphatic carbocycles. The number of para-hydroxylation sites is 1. The number of carbonyl (C=O) groups excluding carboxylic acids is 1. The van der Waals surface area contributed by atoms with Crippen LogP contribution in [-0.2, 0) is 4.79 Å². The molecule has 1 aromatic heterocycles. The predicted molar refractivity (Wildman–Crippen MR) is 97.6 cm³/mol. The molecule has 6 heteroatoms. The second-order valence-electron chi connectivity index (χ2n) is 6.97. The van der Waals surface area contributed by atoms with Crippen molar-refractivity contribution in [2.75, 3.05) is 26.2 Å². The summed E-state index contributed by atoms with van der Waals surface area (Å²) in [4.78, 5) is 20.8. The second-order valence-corrected chi connectivity index (χ2v) is 6.97. The standard InChI is InChI=1S/C20H22N4O2/c21-12-16-6-3-10-24(16)19(25)14-23-11-8-17(13-23)26-18-7-1-4-15-5-2-9-22-20(15)18/h1-2,4-5,7,9,16-17H,3,6,8,10-11,13-14H2. The van der Waals surface area contributed by atoms with Crippen molar-refractivity contribution in [3.8, 4) is 11.8 Å². The fraction of sp³-hybridized carbons (Fsp3) is 0.450. The van der Waals surface area contributed by atoms with Crippen LogP contribution in [0.3, 0.4) is 0 Å². The van der Waals surface area contributed by atoms with Crippen molar-refractivity contribution in [2.24, 2.45) is 0 Å². The van der Waals surface area contributed by atoms with E-state index in [1.807, 2.05) is 30.3 Å². The molecule has 4 rings (SSSR count). The zero-order valence-corrected chi connectivity index (χ0v) is 14.7. The van der Waals surface area contributed by atoms with Gasteiger partial charge < -0.3 is 9.64 Å². The van der Waals surface area contributed by atoms with Gasteiger partial charge in [-0.05, 0) is 31.4 Å². The molecule has 3 heterocycles. The van der Waals surface area contributed by atoms with Crippen LogP contribution in [-0.4, -0.2) is 59.0 Å². The van der Waals surface area contributed by atoms with Crippen LogP contribution in [0.15, 0.2) is 36.5 Å². The molecular weight excluding hydrogens is 328 g/mol. The summed E-state index contributed by atoms with van der Waals surface area (Å²) in [5.41, 5.74) is 0.874. The van der Waals surface area contributed by atoms with E-state index in [1.165, 1.54) is 0 Å². The average Bonchev–Trinajstić information content (AvgIpc) is 3.31. The van der Waals surface area contributed by atoms with E-state index >= 15 is 0 Å². The second kappa shape index (κ2) is 7.30. The first-order valence-electron chi connectivity index (χ1n) is 9.16. The van der Waals surface area contributed by atoms with Crippen LogP contribution in [0, 0.1) is 11.3 Å². The summed E-state index contributed by atoms with van der Waals surface area (Å²) in [5.74, 6) is 0.854. The molecule has 1 aromatic carbocycles. The molecule has 2 aliphatic heterocycles. The van der Waals surface area contributed by atoms with Crippen molar-refractivity contribution in [1.29, 1.82) is 5.26 Å². The quantitative estimate of drug-likeness (QED) is 0.845. The molecule has 0 spiro atoms. The van der Waals surface area contributed by atoms with Gasteiger partial charge in [-0.2, -0.15) is 5.26 Å². The van der Waals surface area contributed by atoms with Crippen molar-refractivity contribution in [1.82, 2.24) is 14.8 Å². The van der Waals surface area contributed by atoms with Crippen LogP contribution in [0.25, 0.3) is 10.9 Å². The van der Waals surface area contributed by atoms with Gasteiger partial charge in [-0.1, -0.05) is 18.2 Å². The fourth-order valence-corrected chi connectivity index (χ4v) is 3.87. The highest BCUT2D eigenvalue weighted by molar-refractivity contribution is 5.84. The van der Waals surface area contributed by atoms with Gasteiger partial charge in [-0.15, -0.1) is 0 Å². The summed E-state index contributed by atoms with van der Waals surface area (Å²) in [6, 6.07) is 11.9. The Morgan fingerprint density at radius 2 is 2.15 bits per heavy atom. The number of pyridine rings is 1. The van der Waals surface area contributed by atoms with E-state index in [4.69, 9.17) is 10.00 Å². The minimum atomic E-state index is -0.251. The number of benzene rings is 1. The third kappa shape index (κ3) is 3.35. The molecule has 0 N–H and O–H groups in total. The van der Waals surface area contributed by atoms with E-state index in [-0.39, 0.29) is 18.1 Å². The maximum absolute atomic E-state index is 12.5. The Hall–Kier alpha value is -2.65. The van der Waals surface area contributed by atoms with E-state index in [2.05, 4.69) is 16.0 Å². The highest BCUT2D eigenvalue weighted by Crippen LogP contribution is 2.26. The number of hydrogen-bond donors (Lipinski definition) is 0. The number of likely N-dealkylation sites (tertiary alicyclic amines) is 2. The van der Waals surface area contributed by atoms with Gasteiger partial charge in [-0.3, -0.25) is 14.7 Å². The van der Waals surface area contributed by atoms with Crippen molar-refractivity contribution >= 4 is 16.8 Å². The minimum Gasteiger partial charge on any atom is -0.487 e. The first-order valence-corrected chi connectivity index (χ1v) is 9.16. The van der Waals surface area contributed by atoms with Crippen LogP contribution in [0.4, 0.5) is 0 Å². The smallest absolute Gasteiger partial charge is 0.237 e. The van der Waals surface area contributed by atoms with E-state index < -0.39 is 0 Å². The number of hydrogen-bond acceptors (Lipinski definition) is 5. The van der Waals surface area contributed by atoms with Gasteiger partial charge in [0.05, 0.1) is 12.6 Å². The summed E-state index contributed by atoms with van der Waals surface area (Å²) in [6.45, 7) is 2.62. The van der Waals surface area contributed by atoms with Crippen molar-refractivity contribution in [3.05, 3.63) is 36.5 Å². The third-order valence-electron chi connectivity index (χ3n) is 5.20. The first kappa shape index (κ1) is 16.8. The summed E-state index contributed by atoms with van der Waals surface area (Å²) in [6.07, 6.45) is 4.43. The molecule has 2 aliphatic rings. The maximum atomic E-state index is 12.5. The summed E-state index contributed by atoms with van der Waals surface area (Å²) in [7, 11) is 0. The van der Waals surface area contributed by atoms with Crippen molar-refractivity contribution < 1.29 is 9.53 Å². The van der Waals surface area contributed by atoms with Gasteiger partial charge in [0.25, 0.3) is 0 Å². The van der Waals surface area contributed by atoms with Crippen LogP contribution in [0.5, 0.6) is 5.75 Å². The zero-order valence-electron chi connectivity index (χ0n) is 14.7. The highest BCUT2D eigenvalue weighted by Gasteiger charge is 2.32. The van der Waals surface area contributed by atoms with Gasteiger partial charge >= 0.3 is 0 Å². The molecule has 0 saturated carbocycles. The number of fused-ring (bicyclic) bond motifs is 1. The largest absolute Gasteiger partial charge is 0.487 e. The SMILES string of the molecule is N#CC1CCCN1C(=O)CN1CCC(Oc2cccc3cccnc23)C1. The average molecular weight is 350 g/mol. The molecule has 1 amide bonds. The Morgan fingerprint density at radius 3 is 3.04 bits per heavy atom. The number of rotatable bonds is 4. The fourth-order valence-electron chi connectivity index (χ4n) is 3.87. The van der Waals surface area contributed by atoms with Crippen LogP contribution in [0.2, 0.25) is 0 Å². The van der Waals surface area contributed by atoms with Crippen LogP contribution < -0.4 is 4.74 Å². The molecule has 2 atom stereocenters. The molecule has 6 nitrogen and oxygen atoms in total. The van der Waals surface area contributed by atoms with E-state index in [0.29, 0.717) is 13.1 Å². The van der Waals surface area contributed by atoms with E-state index in [9.17, 15) is 4.79 Å². The number of aromatic nitrogens is 1. The van der Waals surface area contributed by atoms with Gasteiger partial charge in [0.2, 0.25) is 5.91 Å². The lowest BCUT2D eigenvalue weighted by molar-refractivity contribution is -0.132. The van der Waals surface area contributed by atoms with Gasteiger partial charge in [0, 0.05) is 31.2 Å². The molecule has 2 fully saturated rings. The van der Waals surface area contributed by atoms with E-state index in [1.54, 1.807) is 11.1 Å². The lowest BCUT2D eigenvalue weighted by atomic mass is 10.2. The van der Waals surface area contributed by atoms with Crippen molar-refractivity contribution in [3.63, 3.8) is 0 Å². The number of ether oxygens (including phenoxy) is 1. The first-order chi connectivity index (χ1) is 12.7. The Labute approximate surface area is 153 Å². The molecule has 2 aromatic rings. The van der Waals surface area contributed by atoms with Gasteiger partial charge in [0.1, 0.15) is 23.4 Å². The summed E-state index contributed by atoms with van der Waals surface area (Å²) < 4.78 is 6.19. The summed E-state index contributed by atoms with van der Waals surface area (Å²) in [5, 5.41) is 10.2.